The van der Waals surface area contributed by atoms with Gasteiger partial charge in [0, 0.05) is 18.1 Å². The fourth-order valence-corrected chi connectivity index (χ4v) is 2.83. The van der Waals surface area contributed by atoms with E-state index in [0.29, 0.717) is 27.2 Å². The maximum Gasteiger partial charge on any atom is 0.326 e. The normalized spacial score (nSPS) is 10.1. The number of carbonyl (C=O) groups is 2. The van der Waals surface area contributed by atoms with Crippen LogP contribution in [0.1, 0.15) is 15.4 Å². The van der Waals surface area contributed by atoms with Crippen LogP contribution < -0.4 is 16.0 Å². The van der Waals surface area contributed by atoms with E-state index in [-0.39, 0.29) is 5.91 Å². The highest BCUT2D eigenvalue weighted by Gasteiger charge is 2.17. The molecule has 0 atom stereocenters. The molecule has 0 unspecified atom stereocenters. The lowest BCUT2D eigenvalue weighted by atomic mass is 10.3. The molecule has 3 aromatic rings. The van der Waals surface area contributed by atoms with Crippen LogP contribution in [0.3, 0.4) is 0 Å². The van der Waals surface area contributed by atoms with Gasteiger partial charge >= 0.3 is 6.03 Å². The highest BCUT2D eigenvalue weighted by atomic mass is 32.1. The average Bonchev–Trinajstić information content (AvgIpc) is 2.97. The van der Waals surface area contributed by atoms with Crippen molar-refractivity contribution < 1.29 is 9.59 Å². The molecule has 2 heterocycles. The first-order valence-corrected chi connectivity index (χ1v) is 8.11. The smallest absolute Gasteiger partial charge is 0.321 e. The van der Waals surface area contributed by atoms with Gasteiger partial charge in [0.2, 0.25) is 0 Å². The molecule has 0 saturated carbocycles. The third-order valence-electron chi connectivity index (χ3n) is 3.06. The molecule has 25 heavy (non-hydrogen) atoms. The molecule has 0 radical (unpaired) electrons. The van der Waals surface area contributed by atoms with Gasteiger partial charge in [-0.3, -0.25) is 20.4 Å². The molecular formula is C16H14N6O2S. The Balaban J connectivity index is 1.65. The number of amides is 3. The Morgan fingerprint density at radius 1 is 1.04 bits per heavy atom. The summed E-state index contributed by atoms with van der Waals surface area (Å²) < 4.78 is 0. The van der Waals surface area contributed by atoms with Crippen molar-refractivity contribution >= 4 is 39.9 Å². The number of urea groups is 1. The van der Waals surface area contributed by atoms with E-state index in [9.17, 15) is 9.59 Å². The predicted molar refractivity (Wildman–Crippen MR) is 95.9 cm³/mol. The zero-order valence-corrected chi connectivity index (χ0v) is 14.0. The largest absolute Gasteiger partial charge is 0.326 e. The van der Waals surface area contributed by atoms with E-state index < -0.39 is 6.03 Å². The number of thiazole rings is 1. The van der Waals surface area contributed by atoms with Crippen LogP contribution in [0, 0.1) is 6.92 Å². The first kappa shape index (κ1) is 16.5. The van der Waals surface area contributed by atoms with Gasteiger partial charge in [0.25, 0.3) is 5.91 Å². The minimum Gasteiger partial charge on any atom is -0.321 e. The van der Waals surface area contributed by atoms with Gasteiger partial charge < -0.3 is 5.32 Å². The lowest BCUT2D eigenvalue weighted by Crippen LogP contribution is -2.20. The lowest BCUT2D eigenvalue weighted by Gasteiger charge is -2.03. The van der Waals surface area contributed by atoms with E-state index in [2.05, 4.69) is 30.9 Å². The van der Waals surface area contributed by atoms with Gasteiger partial charge in [0.15, 0.2) is 10.9 Å². The number of benzene rings is 1. The molecule has 0 aliphatic rings. The zero-order valence-electron chi connectivity index (χ0n) is 13.2. The van der Waals surface area contributed by atoms with E-state index in [1.54, 1.807) is 19.1 Å². The number of aromatic nitrogens is 3. The Kier molecular flexibility index (Phi) is 4.95. The summed E-state index contributed by atoms with van der Waals surface area (Å²) in [6.07, 6.45) is 4.39. The summed E-state index contributed by atoms with van der Waals surface area (Å²) >= 11 is 1.09. The molecule has 0 bridgehead atoms. The lowest BCUT2D eigenvalue weighted by molar-refractivity contribution is 0.103. The average molecular weight is 354 g/mol. The first-order valence-electron chi connectivity index (χ1n) is 7.29. The molecule has 3 amide bonds. The molecule has 3 rings (SSSR count). The number of hydrogen-bond acceptors (Lipinski definition) is 6. The number of nitrogens with one attached hydrogen (secondary N) is 3. The zero-order chi connectivity index (χ0) is 17.6. The summed E-state index contributed by atoms with van der Waals surface area (Å²) in [5.74, 6) is 0.0407. The first-order chi connectivity index (χ1) is 12.1. The van der Waals surface area contributed by atoms with Crippen LogP contribution in [-0.4, -0.2) is 26.9 Å². The highest BCUT2D eigenvalue weighted by Crippen LogP contribution is 2.23. The molecule has 0 aliphatic heterocycles. The number of hydrogen-bond donors (Lipinski definition) is 3. The molecular weight excluding hydrogens is 340 g/mol. The highest BCUT2D eigenvalue weighted by molar-refractivity contribution is 7.17. The molecule has 3 N–H and O–H groups in total. The molecule has 0 saturated heterocycles. The molecule has 0 fully saturated rings. The standard InChI is InChI=1S/C16H14N6O2S/c1-10-13(14(23)20-11-5-3-2-4-6-11)25-16(19-10)22-15(24)21-12-9-17-7-8-18-12/h2-9H,1H3,(H,20,23)(H2,18,19,21,22,24). The second-order valence-electron chi connectivity index (χ2n) is 4.92. The summed E-state index contributed by atoms with van der Waals surface area (Å²) in [6, 6.07) is 8.61. The molecule has 0 spiro atoms. The third kappa shape index (κ3) is 4.36. The molecule has 2 aromatic heterocycles. The number of aryl methyl sites for hydroxylation is 1. The SMILES string of the molecule is Cc1nc(NC(=O)Nc2cnccn2)sc1C(=O)Nc1ccccc1. The van der Waals surface area contributed by atoms with Crippen molar-refractivity contribution in [2.24, 2.45) is 0 Å². The van der Waals surface area contributed by atoms with Gasteiger partial charge in [0.1, 0.15) is 4.88 Å². The van der Waals surface area contributed by atoms with Crippen molar-refractivity contribution in [1.29, 1.82) is 0 Å². The summed E-state index contributed by atoms with van der Waals surface area (Å²) in [5, 5.41) is 8.22. The molecule has 1 aromatic carbocycles. The van der Waals surface area contributed by atoms with Gasteiger partial charge in [-0.05, 0) is 19.1 Å². The summed E-state index contributed by atoms with van der Waals surface area (Å²) in [5.41, 5.74) is 1.23. The number of anilines is 3. The molecule has 0 aliphatic carbocycles. The fourth-order valence-electron chi connectivity index (χ4n) is 1.98. The van der Waals surface area contributed by atoms with Gasteiger partial charge in [-0.25, -0.2) is 14.8 Å². The maximum absolute atomic E-state index is 12.3. The number of para-hydroxylation sites is 1. The minimum atomic E-state index is -0.510. The Bertz CT molecular complexity index is 882. The van der Waals surface area contributed by atoms with Crippen LogP contribution in [0.2, 0.25) is 0 Å². The van der Waals surface area contributed by atoms with Crippen molar-refractivity contribution in [3.63, 3.8) is 0 Å². The van der Waals surface area contributed by atoms with Crippen molar-refractivity contribution in [2.75, 3.05) is 16.0 Å². The summed E-state index contributed by atoms with van der Waals surface area (Å²) in [4.78, 5) is 36.7. The number of carbonyl (C=O) groups excluding carboxylic acids is 2. The quantitative estimate of drug-likeness (QED) is 0.667. The van der Waals surface area contributed by atoms with E-state index in [0.717, 1.165) is 11.3 Å². The monoisotopic (exact) mass is 354 g/mol. The van der Waals surface area contributed by atoms with Crippen LogP contribution in [-0.2, 0) is 0 Å². The van der Waals surface area contributed by atoms with Crippen molar-refractivity contribution in [3.8, 4) is 0 Å². The Labute approximate surface area is 147 Å². The van der Waals surface area contributed by atoms with Crippen molar-refractivity contribution in [3.05, 3.63) is 59.5 Å². The fraction of sp³-hybridized carbons (Fsp3) is 0.0625. The second-order valence-corrected chi connectivity index (χ2v) is 5.92. The van der Waals surface area contributed by atoms with E-state index in [4.69, 9.17) is 0 Å². The third-order valence-corrected chi connectivity index (χ3v) is 4.13. The topological polar surface area (TPSA) is 109 Å². The maximum atomic E-state index is 12.3. The van der Waals surface area contributed by atoms with Gasteiger partial charge in [-0.15, -0.1) is 0 Å². The number of nitrogens with zero attached hydrogens (tertiary/aromatic N) is 3. The minimum absolute atomic E-state index is 0.274. The molecule has 9 heteroatoms. The van der Waals surface area contributed by atoms with E-state index in [1.165, 1.54) is 18.6 Å². The van der Waals surface area contributed by atoms with E-state index in [1.807, 2.05) is 18.2 Å². The van der Waals surface area contributed by atoms with Crippen molar-refractivity contribution in [2.45, 2.75) is 6.92 Å². The van der Waals surface area contributed by atoms with Crippen LogP contribution >= 0.6 is 11.3 Å². The Morgan fingerprint density at radius 2 is 1.84 bits per heavy atom. The van der Waals surface area contributed by atoms with Gasteiger partial charge in [-0.1, -0.05) is 29.5 Å². The van der Waals surface area contributed by atoms with Gasteiger partial charge in [0.05, 0.1) is 11.9 Å². The predicted octanol–water partition coefficient (Wildman–Crippen LogP) is 3.14. The van der Waals surface area contributed by atoms with Crippen molar-refractivity contribution in [1.82, 2.24) is 15.0 Å². The summed E-state index contributed by atoms with van der Waals surface area (Å²) in [6.45, 7) is 1.71. The molecule has 8 nitrogen and oxygen atoms in total. The second kappa shape index (κ2) is 7.49. The van der Waals surface area contributed by atoms with Crippen LogP contribution in [0.4, 0.5) is 21.4 Å². The Hall–Kier alpha value is -3.33. The number of rotatable bonds is 4. The van der Waals surface area contributed by atoms with Crippen LogP contribution in [0.15, 0.2) is 48.9 Å². The van der Waals surface area contributed by atoms with E-state index >= 15 is 0 Å². The van der Waals surface area contributed by atoms with Gasteiger partial charge in [-0.2, -0.15) is 0 Å². The van der Waals surface area contributed by atoms with Crippen LogP contribution in [0.25, 0.3) is 0 Å². The molecule has 126 valence electrons. The summed E-state index contributed by atoms with van der Waals surface area (Å²) in [7, 11) is 0. The van der Waals surface area contributed by atoms with Crippen LogP contribution in [0.5, 0.6) is 0 Å². The Morgan fingerprint density at radius 3 is 2.56 bits per heavy atom.